The van der Waals surface area contributed by atoms with E-state index in [0.717, 1.165) is 4.57 Å². The number of nitro benzene ring substituents is 1. The zero-order chi connectivity index (χ0) is 21.0. The van der Waals surface area contributed by atoms with Gasteiger partial charge in [0.25, 0.3) is 17.2 Å². The molecule has 2 aromatic carbocycles. The number of nitro groups is 1. The molecule has 1 heterocycles. The summed E-state index contributed by atoms with van der Waals surface area (Å²) in [6, 6.07) is 12.1. The van der Waals surface area contributed by atoms with E-state index >= 15 is 0 Å². The lowest BCUT2D eigenvalue weighted by Crippen LogP contribution is -2.33. The van der Waals surface area contributed by atoms with Crippen molar-refractivity contribution in [3.05, 3.63) is 75.3 Å². The third-order valence-corrected chi connectivity index (χ3v) is 4.03. The van der Waals surface area contributed by atoms with Crippen LogP contribution >= 0.6 is 0 Å². The third-order valence-electron chi connectivity index (χ3n) is 4.03. The molecule has 1 N–H and O–H groups in total. The maximum atomic E-state index is 12.4. The Morgan fingerprint density at radius 3 is 2.76 bits per heavy atom. The van der Waals surface area contributed by atoms with Gasteiger partial charge < -0.3 is 10.1 Å². The number of benzene rings is 2. The van der Waals surface area contributed by atoms with Crippen molar-refractivity contribution in [2.75, 3.05) is 5.32 Å². The van der Waals surface area contributed by atoms with Crippen LogP contribution in [0.2, 0.25) is 0 Å². The van der Waals surface area contributed by atoms with E-state index in [1.807, 2.05) is 0 Å². The van der Waals surface area contributed by atoms with Crippen LogP contribution < -0.4 is 10.9 Å². The van der Waals surface area contributed by atoms with Crippen molar-refractivity contribution >= 4 is 34.2 Å². The second-order valence-electron chi connectivity index (χ2n) is 6.12. The molecule has 0 aliphatic carbocycles. The zero-order valence-corrected chi connectivity index (χ0v) is 15.3. The van der Waals surface area contributed by atoms with Crippen LogP contribution in [-0.2, 0) is 20.9 Å². The van der Waals surface area contributed by atoms with Crippen molar-refractivity contribution in [2.45, 2.75) is 19.6 Å². The van der Waals surface area contributed by atoms with Gasteiger partial charge in [0.15, 0.2) is 6.10 Å². The normalized spacial score (nSPS) is 11.6. The van der Waals surface area contributed by atoms with Crippen molar-refractivity contribution in [2.24, 2.45) is 0 Å². The first-order valence-electron chi connectivity index (χ1n) is 8.54. The quantitative estimate of drug-likeness (QED) is 0.382. The zero-order valence-electron chi connectivity index (χ0n) is 15.3. The SMILES string of the molecule is C[C@@H](OC(=O)Cn1cnc2ccccc2c1=O)C(=O)Nc1cccc([N+](=O)[O-])c1. The summed E-state index contributed by atoms with van der Waals surface area (Å²) in [4.78, 5) is 51.0. The molecule has 29 heavy (non-hydrogen) atoms. The fourth-order valence-electron chi connectivity index (χ4n) is 2.59. The number of amides is 1. The van der Waals surface area contributed by atoms with Gasteiger partial charge in [-0.15, -0.1) is 0 Å². The molecular formula is C19H16N4O6. The van der Waals surface area contributed by atoms with Crippen molar-refractivity contribution in [3.8, 4) is 0 Å². The Morgan fingerprint density at radius 1 is 1.24 bits per heavy atom. The van der Waals surface area contributed by atoms with E-state index in [1.165, 1.54) is 37.5 Å². The Bertz CT molecular complexity index is 1160. The number of aromatic nitrogens is 2. The van der Waals surface area contributed by atoms with Crippen LogP contribution in [0.4, 0.5) is 11.4 Å². The van der Waals surface area contributed by atoms with E-state index in [-0.39, 0.29) is 11.4 Å². The van der Waals surface area contributed by atoms with Gasteiger partial charge in [-0.1, -0.05) is 18.2 Å². The van der Waals surface area contributed by atoms with Crippen molar-refractivity contribution < 1.29 is 19.2 Å². The number of fused-ring (bicyclic) bond motifs is 1. The highest BCUT2D eigenvalue weighted by molar-refractivity contribution is 5.95. The van der Waals surface area contributed by atoms with Gasteiger partial charge in [-0.3, -0.25) is 29.1 Å². The lowest BCUT2D eigenvalue weighted by atomic mass is 10.2. The minimum absolute atomic E-state index is 0.185. The van der Waals surface area contributed by atoms with Crippen LogP contribution in [0.1, 0.15) is 6.92 Å². The number of ether oxygens (including phenoxy) is 1. The second-order valence-corrected chi connectivity index (χ2v) is 6.12. The molecule has 148 valence electrons. The monoisotopic (exact) mass is 396 g/mol. The van der Waals surface area contributed by atoms with Crippen molar-refractivity contribution in [3.63, 3.8) is 0 Å². The number of hydrogen-bond acceptors (Lipinski definition) is 7. The van der Waals surface area contributed by atoms with Crippen LogP contribution in [-0.4, -0.2) is 32.5 Å². The number of para-hydroxylation sites is 1. The van der Waals surface area contributed by atoms with E-state index in [4.69, 9.17) is 4.74 Å². The van der Waals surface area contributed by atoms with Crippen LogP contribution in [0.3, 0.4) is 0 Å². The fourth-order valence-corrected chi connectivity index (χ4v) is 2.59. The molecule has 0 spiro atoms. The van der Waals surface area contributed by atoms with Crippen LogP contribution in [0.25, 0.3) is 10.9 Å². The smallest absolute Gasteiger partial charge is 0.326 e. The maximum absolute atomic E-state index is 12.4. The Labute approximate surface area is 163 Å². The highest BCUT2D eigenvalue weighted by atomic mass is 16.6. The number of non-ortho nitro benzene ring substituents is 1. The fraction of sp³-hybridized carbons (Fsp3) is 0.158. The lowest BCUT2D eigenvalue weighted by Gasteiger charge is -2.14. The molecule has 1 aromatic heterocycles. The lowest BCUT2D eigenvalue weighted by molar-refractivity contribution is -0.384. The average molecular weight is 396 g/mol. The highest BCUT2D eigenvalue weighted by Crippen LogP contribution is 2.17. The van der Waals surface area contributed by atoms with Crippen LogP contribution in [0, 0.1) is 10.1 Å². The predicted molar refractivity (Wildman–Crippen MR) is 103 cm³/mol. The predicted octanol–water partition coefficient (Wildman–Crippen LogP) is 1.88. The molecule has 0 unspecified atom stereocenters. The van der Waals surface area contributed by atoms with E-state index in [9.17, 15) is 24.5 Å². The molecule has 0 saturated carbocycles. The van der Waals surface area contributed by atoms with E-state index in [0.29, 0.717) is 10.9 Å². The van der Waals surface area contributed by atoms with Crippen LogP contribution in [0.5, 0.6) is 0 Å². The topological polar surface area (TPSA) is 133 Å². The van der Waals surface area contributed by atoms with Crippen molar-refractivity contribution in [1.82, 2.24) is 9.55 Å². The Morgan fingerprint density at radius 2 is 2.00 bits per heavy atom. The minimum atomic E-state index is -1.18. The number of nitrogens with one attached hydrogen (secondary N) is 1. The number of anilines is 1. The Kier molecular flexibility index (Phi) is 5.63. The Balaban J connectivity index is 1.64. The molecule has 0 fully saturated rings. The van der Waals surface area contributed by atoms with E-state index in [1.54, 1.807) is 24.3 Å². The van der Waals surface area contributed by atoms with Gasteiger partial charge in [0.2, 0.25) is 0 Å². The summed E-state index contributed by atoms with van der Waals surface area (Å²) < 4.78 is 6.15. The van der Waals surface area contributed by atoms with Gasteiger partial charge >= 0.3 is 5.97 Å². The van der Waals surface area contributed by atoms with Crippen LogP contribution in [0.15, 0.2) is 59.7 Å². The molecule has 10 nitrogen and oxygen atoms in total. The van der Waals surface area contributed by atoms with Gasteiger partial charge in [-0.2, -0.15) is 0 Å². The molecule has 3 aromatic rings. The number of rotatable bonds is 6. The molecule has 0 aliphatic rings. The molecule has 3 rings (SSSR count). The molecular weight excluding hydrogens is 380 g/mol. The first kappa shape index (κ1) is 19.7. The summed E-state index contributed by atoms with van der Waals surface area (Å²) in [5.74, 6) is -1.46. The summed E-state index contributed by atoms with van der Waals surface area (Å²) in [6.45, 7) is 0.942. The second kappa shape index (κ2) is 8.30. The minimum Gasteiger partial charge on any atom is -0.451 e. The summed E-state index contributed by atoms with van der Waals surface area (Å²) in [5, 5.41) is 13.6. The van der Waals surface area contributed by atoms with Gasteiger partial charge in [0.1, 0.15) is 6.54 Å². The summed E-state index contributed by atoms with van der Waals surface area (Å²) in [6.07, 6.45) is 0.0608. The summed E-state index contributed by atoms with van der Waals surface area (Å²) in [7, 11) is 0. The van der Waals surface area contributed by atoms with E-state index < -0.39 is 35.0 Å². The van der Waals surface area contributed by atoms with Gasteiger partial charge in [0.05, 0.1) is 22.2 Å². The number of nitrogens with zero attached hydrogens (tertiary/aromatic N) is 3. The largest absolute Gasteiger partial charge is 0.451 e. The number of esters is 1. The molecule has 1 amide bonds. The van der Waals surface area contributed by atoms with Crippen molar-refractivity contribution in [1.29, 1.82) is 0 Å². The Hall–Kier alpha value is -4.08. The first-order chi connectivity index (χ1) is 13.8. The molecule has 1 atom stereocenters. The molecule has 0 bridgehead atoms. The van der Waals surface area contributed by atoms with E-state index in [2.05, 4.69) is 10.3 Å². The molecule has 0 radical (unpaired) electrons. The standard InChI is InChI=1S/C19H16N4O6/c1-12(18(25)21-13-5-4-6-14(9-13)23(27)28)29-17(24)10-22-11-20-16-8-3-2-7-15(16)19(22)26/h2-9,11-12H,10H2,1H3,(H,21,25)/t12-/m1/s1. The summed E-state index contributed by atoms with van der Waals surface area (Å²) >= 11 is 0. The number of carbonyl (C=O) groups excluding carboxylic acids is 2. The third kappa shape index (κ3) is 4.61. The number of carbonyl (C=O) groups is 2. The molecule has 0 saturated heterocycles. The highest BCUT2D eigenvalue weighted by Gasteiger charge is 2.19. The average Bonchev–Trinajstić information content (AvgIpc) is 2.70. The number of hydrogen-bond donors (Lipinski definition) is 1. The van der Waals surface area contributed by atoms with Gasteiger partial charge in [-0.05, 0) is 25.1 Å². The van der Waals surface area contributed by atoms with Gasteiger partial charge in [0, 0.05) is 17.8 Å². The molecule has 10 heteroatoms. The van der Waals surface area contributed by atoms with Gasteiger partial charge in [-0.25, -0.2) is 4.98 Å². The molecule has 0 aliphatic heterocycles. The summed E-state index contributed by atoms with van der Waals surface area (Å²) in [5.41, 5.74) is 0.116. The maximum Gasteiger partial charge on any atom is 0.326 e. The first-order valence-corrected chi connectivity index (χ1v) is 8.54.